The minimum Gasteiger partial charge on any atom is -0.379 e. The summed E-state index contributed by atoms with van der Waals surface area (Å²) >= 11 is 6.29. The lowest BCUT2D eigenvalue weighted by molar-refractivity contribution is 0.0137. The van der Waals surface area contributed by atoms with Gasteiger partial charge >= 0.3 is 0 Å². The summed E-state index contributed by atoms with van der Waals surface area (Å²) in [4.78, 5) is 4.80. The molecule has 1 atom stereocenters. The van der Waals surface area contributed by atoms with Crippen molar-refractivity contribution < 1.29 is 4.74 Å². The Morgan fingerprint density at radius 3 is 2.60 bits per heavy atom. The van der Waals surface area contributed by atoms with Crippen LogP contribution in [0.25, 0.3) is 0 Å². The second kappa shape index (κ2) is 6.89. The molecule has 0 bridgehead atoms. The van der Waals surface area contributed by atoms with Crippen molar-refractivity contribution in [1.29, 1.82) is 0 Å². The van der Waals surface area contributed by atoms with Crippen LogP contribution in [0.5, 0.6) is 0 Å². The van der Waals surface area contributed by atoms with Crippen molar-refractivity contribution in [1.82, 2.24) is 19.6 Å². The van der Waals surface area contributed by atoms with Gasteiger partial charge in [-0.25, -0.2) is 0 Å². The second-order valence-electron chi connectivity index (χ2n) is 5.67. The first-order valence-electron chi connectivity index (χ1n) is 7.17. The molecule has 1 saturated heterocycles. The summed E-state index contributed by atoms with van der Waals surface area (Å²) in [5.41, 5.74) is 2.15. The van der Waals surface area contributed by atoms with Crippen molar-refractivity contribution in [2.24, 2.45) is 7.05 Å². The molecule has 0 radical (unpaired) electrons. The van der Waals surface area contributed by atoms with Crippen LogP contribution in [0.15, 0.2) is 0 Å². The summed E-state index contributed by atoms with van der Waals surface area (Å²) < 4.78 is 7.14. The van der Waals surface area contributed by atoms with Crippen LogP contribution in [-0.4, -0.2) is 65.5 Å². The van der Waals surface area contributed by atoms with Gasteiger partial charge in [0.15, 0.2) is 0 Å². The number of hydrogen-bond donors (Lipinski definition) is 0. The van der Waals surface area contributed by atoms with E-state index in [4.69, 9.17) is 16.3 Å². The maximum absolute atomic E-state index is 6.29. The predicted molar refractivity (Wildman–Crippen MR) is 81.1 cm³/mol. The minimum absolute atomic E-state index is 0.527. The molecule has 0 unspecified atom stereocenters. The van der Waals surface area contributed by atoms with Gasteiger partial charge in [0.2, 0.25) is 0 Å². The van der Waals surface area contributed by atoms with Gasteiger partial charge in [0.1, 0.15) is 5.15 Å². The number of rotatable bonds is 5. The molecule has 2 heterocycles. The first-order chi connectivity index (χ1) is 9.49. The number of aromatic nitrogens is 2. The molecule has 1 aromatic heterocycles. The Labute approximate surface area is 126 Å². The number of likely N-dealkylation sites (N-methyl/N-ethyl adjacent to an activating group) is 1. The smallest absolute Gasteiger partial charge is 0.131 e. The average molecular weight is 301 g/mol. The van der Waals surface area contributed by atoms with Gasteiger partial charge < -0.3 is 9.64 Å². The molecule has 0 saturated carbocycles. The third kappa shape index (κ3) is 3.73. The van der Waals surface area contributed by atoms with Gasteiger partial charge in [-0.05, 0) is 20.9 Å². The molecule has 20 heavy (non-hydrogen) atoms. The van der Waals surface area contributed by atoms with Crippen LogP contribution in [0, 0.1) is 6.92 Å². The van der Waals surface area contributed by atoms with Gasteiger partial charge in [0, 0.05) is 44.8 Å². The molecule has 0 aromatic carbocycles. The molecule has 0 N–H and O–H groups in total. The molecule has 0 spiro atoms. The lowest BCUT2D eigenvalue weighted by Crippen LogP contribution is -2.46. The number of halogens is 1. The average Bonchev–Trinajstić information content (AvgIpc) is 2.66. The predicted octanol–water partition coefficient (Wildman–Crippen LogP) is 1.53. The van der Waals surface area contributed by atoms with Gasteiger partial charge in [0.05, 0.1) is 18.9 Å². The van der Waals surface area contributed by atoms with E-state index in [1.807, 2.05) is 14.0 Å². The van der Waals surface area contributed by atoms with E-state index in [0.29, 0.717) is 6.04 Å². The number of nitrogens with zero attached hydrogens (tertiary/aromatic N) is 4. The maximum atomic E-state index is 6.29. The Hall–Kier alpha value is -0.620. The fourth-order valence-electron chi connectivity index (χ4n) is 2.77. The van der Waals surface area contributed by atoms with Crippen LogP contribution in [0.4, 0.5) is 0 Å². The molecule has 2 rings (SSSR count). The van der Waals surface area contributed by atoms with E-state index in [2.05, 4.69) is 28.9 Å². The monoisotopic (exact) mass is 300 g/mol. The van der Waals surface area contributed by atoms with E-state index in [1.165, 1.54) is 0 Å². The van der Waals surface area contributed by atoms with Crippen LogP contribution in [0.1, 0.15) is 18.2 Å². The first kappa shape index (κ1) is 15.8. The fourth-order valence-corrected chi connectivity index (χ4v) is 3.01. The van der Waals surface area contributed by atoms with E-state index < -0.39 is 0 Å². The van der Waals surface area contributed by atoms with Crippen molar-refractivity contribution in [3.8, 4) is 0 Å². The molecule has 0 amide bonds. The molecule has 114 valence electrons. The van der Waals surface area contributed by atoms with Crippen molar-refractivity contribution >= 4 is 11.6 Å². The molecule has 1 aliphatic rings. The summed E-state index contributed by atoms with van der Waals surface area (Å²) in [6.45, 7) is 9.91. The van der Waals surface area contributed by atoms with E-state index in [0.717, 1.165) is 55.8 Å². The number of hydrogen-bond acceptors (Lipinski definition) is 4. The summed E-state index contributed by atoms with van der Waals surface area (Å²) in [7, 11) is 4.02. The molecule has 1 fully saturated rings. The Balaban J connectivity index is 1.89. The topological polar surface area (TPSA) is 33.5 Å². The van der Waals surface area contributed by atoms with Gasteiger partial charge in [0.25, 0.3) is 0 Å². The highest BCUT2D eigenvalue weighted by Gasteiger charge is 2.20. The minimum atomic E-state index is 0.527. The van der Waals surface area contributed by atoms with Gasteiger partial charge in [-0.3, -0.25) is 9.58 Å². The van der Waals surface area contributed by atoms with Crippen molar-refractivity contribution in [2.75, 3.05) is 39.9 Å². The van der Waals surface area contributed by atoms with E-state index >= 15 is 0 Å². The van der Waals surface area contributed by atoms with Crippen LogP contribution in [-0.2, 0) is 18.3 Å². The second-order valence-corrected chi connectivity index (χ2v) is 6.03. The van der Waals surface area contributed by atoms with E-state index in [9.17, 15) is 0 Å². The number of ether oxygens (including phenoxy) is 1. The van der Waals surface area contributed by atoms with Gasteiger partial charge in [-0.1, -0.05) is 11.6 Å². The molecule has 0 aliphatic carbocycles. The highest BCUT2D eigenvalue weighted by atomic mass is 35.5. The van der Waals surface area contributed by atoms with E-state index in [-0.39, 0.29) is 0 Å². The zero-order valence-electron chi connectivity index (χ0n) is 12.9. The summed E-state index contributed by atoms with van der Waals surface area (Å²) in [6.07, 6.45) is 0. The largest absolute Gasteiger partial charge is 0.379 e. The lowest BCUT2D eigenvalue weighted by atomic mass is 10.2. The molecular formula is C14H25ClN4O. The SMILES string of the molecule is Cc1nn(C)c(Cl)c1CN(C)C[C@@H](C)N1CCOCC1. The normalized spacial score (nSPS) is 18.7. The molecule has 5 nitrogen and oxygen atoms in total. The summed E-state index contributed by atoms with van der Waals surface area (Å²) in [5, 5.41) is 5.11. The third-order valence-corrected chi connectivity index (χ3v) is 4.42. The molecule has 6 heteroatoms. The highest BCUT2D eigenvalue weighted by Crippen LogP contribution is 2.20. The van der Waals surface area contributed by atoms with Crippen LogP contribution in [0.3, 0.4) is 0 Å². The van der Waals surface area contributed by atoms with Crippen LogP contribution >= 0.6 is 11.6 Å². The number of aryl methyl sites for hydroxylation is 2. The summed E-state index contributed by atoms with van der Waals surface area (Å²) in [6, 6.07) is 0.527. The van der Waals surface area contributed by atoms with Crippen molar-refractivity contribution in [3.63, 3.8) is 0 Å². The summed E-state index contributed by atoms with van der Waals surface area (Å²) in [5.74, 6) is 0. The van der Waals surface area contributed by atoms with Gasteiger partial charge in [-0.15, -0.1) is 0 Å². The third-order valence-electron chi connectivity index (χ3n) is 3.94. The van der Waals surface area contributed by atoms with E-state index in [1.54, 1.807) is 4.68 Å². The maximum Gasteiger partial charge on any atom is 0.131 e. The molecule has 1 aromatic rings. The fraction of sp³-hybridized carbons (Fsp3) is 0.786. The van der Waals surface area contributed by atoms with Crippen molar-refractivity contribution in [2.45, 2.75) is 26.4 Å². The number of morpholine rings is 1. The Kier molecular flexibility index (Phi) is 5.43. The highest BCUT2D eigenvalue weighted by molar-refractivity contribution is 6.30. The Morgan fingerprint density at radius 1 is 1.40 bits per heavy atom. The van der Waals surface area contributed by atoms with Crippen LogP contribution in [0.2, 0.25) is 5.15 Å². The standard InChI is InChI=1S/C14H25ClN4O/c1-11(19-5-7-20-8-6-19)9-17(3)10-13-12(2)16-18(4)14(13)15/h11H,5-10H2,1-4H3/t11-/m1/s1. The molecule has 1 aliphatic heterocycles. The zero-order chi connectivity index (χ0) is 14.7. The van der Waals surface area contributed by atoms with Gasteiger partial charge in [-0.2, -0.15) is 5.10 Å². The Bertz CT molecular complexity index is 443. The lowest BCUT2D eigenvalue weighted by Gasteiger charge is -2.34. The van der Waals surface area contributed by atoms with Crippen LogP contribution < -0.4 is 0 Å². The van der Waals surface area contributed by atoms with Crippen molar-refractivity contribution in [3.05, 3.63) is 16.4 Å². The zero-order valence-corrected chi connectivity index (χ0v) is 13.7. The molecular weight excluding hydrogens is 276 g/mol. The quantitative estimate of drug-likeness (QED) is 0.826. The Morgan fingerprint density at radius 2 is 2.05 bits per heavy atom. The first-order valence-corrected chi connectivity index (χ1v) is 7.55.